The van der Waals surface area contributed by atoms with E-state index in [4.69, 9.17) is 4.74 Å². The predicted octanol–water partition coefficient (Wildman–Crippen LogP) is 3.26. The lowest BCUT2D eigenvalue weighted by Gasteiger charge is -2.23. The van der Waals surface area contributed by atoms with Crippen LogP contribution in [-0.2, 0) is 6.61 Å². The Balaban J connectivity index is 2.40. The maximum Gasteiger partial charge on any atom is 0.120 e. The lowest BCUT2D eigenvalue weighted by atomic mass is 10.1. The summed E-state index contributed by atoms with van der Waals surface area (Å²) in [6, 6.07) is 13.9. The van der Waals surface area contributed by atoms with Gasteiger partial charge in [-0.1, -0.05) is 23.8 Å². The highest BCUT2D eigenvalue weighted by molar-refractivity contribution is 5.67. The van der Waals surface area contributed by atoms with E-state index in [1.165, 1.54) is 0 Å². The smallest absolute Gasteiger partial charge is 0.120 e. The van der Waals surface area contributed by atoms with E-state index in [2.05, 4.69) is 0 Å². The van der Waals surface area contributed by atoms with Gasteiger partial charge in [0, 0.05) is 30.1 Å². The summed E-state index contributed by atoms with van der Waals surface area (Å²) >= 11 is 0. The van der Waals surface area contributed by atoms with E-state index in [0.717, 1.165) is 28.3 Å². The molecule has 0 amide bonds. The molecule has 1 N–H and O–H groups in total. The van der Waals surface area contributed by atoms with Crippen LogP contribution in [0.15, 0.2) is 42.5 Å². The van der Waals surface area contributed by atoms with Crippen LogP contribution in [-0.4, -0.2) is 19.3 Å². The second-order valence-electron chi connectivity index (χ2n) is 4.55. The zero-order chi connectivity index (χ0) is 13.8. The molecule has 100 valence electrons. The molecule has 3 heteroatoms. The molecule has 0 saturated carbocycles. The molecule has 0 radical (unpaired) electrons. The van der Waals surface area contributed by atoms with E-state index in [1.807, 2.05) is 61.3 Å². The summed E-state index contributed by atoms with van der Waals surface area (Å²) < 4.78 is 5.24. The molecule has 0 fully saturated rings. The minimum Gasteiger partial charge on any atom is -0.497 e. The first-order chi connectivity index (χ1) is 9.15. The summed E-state index contributed by atoms with van der Waals surface area (Å²) in [5.41, 5.74) is 4.09. The number of aliphatic hydroxyl groups excluding tert-OH is 1. The van der Waals surface area contributed by atoms with Gasteiger partial charge in [0.2, 0.25) is 0 Å². The summed E-state index contributed by atoms with van der Waals surface area (Å²) in [7, 11) is 3.64. The molecule has 3 nitrogen and oxygen atoms in total. The van der Waals surface area contributed by atoms with E-state index in [-0.39, 0.29) is 6.61 Å². The van der Waals surface area contributed by atoms with Gasteiger partial charge >= 0.3 is 0 Å². The molecule has 0 spiro atoms. The van der Waals surface area contributed by atoms with Crippen molar-refractivity contribution < 1.29 is 9.84 Å². The number of ether oxygens (including phenoxy) is 1. The first kappa shape index (κ1) is 13.4. The topological polar surface area (TPSA) is 32.7 Å². The molecular formula is C16H19NO2. The summed E-state index contributed by atoms with van der Waals surface area (Å²) in [5.74, 6) is 0.821. The van der Waals surface area contributed by atoms with Gasteiger partial charge in [0.15, 0.2) is 0 Å². The van der Waals surface area contributed by atoms with Crippen molar-refractivity contribution >= 4 is 11.4 Å². The molecule has 2 rings (SSSR count). The fourth-order valence-corrected chi connectivity index (χ4v) is 2.13. The number of hydrogen-bond donors (Lipinski definition) is 1. The number of aryl methyl sites for hydroxylation is 1. The molecule has 0 aliphatic carbocycles. The molecule has 0 saturated heterocycles. The molecule has 0 atom stereocenters. The van der Waals surface area contributed by atoms with Crippen molar-refractivity contribution in [2.24, 2.45) is 0 Å². The average molecular weight is 257 g/mol. The standard InChI is InChI=1S/C16H19NO2/c1-12-7-8-16(13(9-12)11-18)17(2)14-5-4-6-15(10-14)19-3/h4-10,18H,11H2,1-3H3. The molecule has 0 bridgehead atoms. The zero-order valence-electron chi connectivity index (χ0n) is 11.6. The Bertz CT molecular complexity index is 566. The van der Waals surface area contributed by atoms with Gasteiger partial charge < -0.3 is 14.7 Å². The molecule has 2 aromatic rings. The molecule has 19 heavy (non-hydrogen) atoms. The van der Waals surface area contributed by atoms with Crippen LogP contribution in [0, 0.1) is 6.92 Å². The third kappa shape index (κ3) is 2.88. The predicted molar refractivity (Wildman–Crippen MR) is 78.2 cm³/mol. The zero-order valence-corrected chi connectivity index (χ0v) is 11.6. The number of anilines is 2. The normalized spacial score (nSPS) is 10.3. The van der Waals surface area contributed by atoms with Crippen molar-refractivity contribution in [3.8, 4) is 5.75 Å². The number of hydrogen-bond acceptors (Lipinski definition) is 3. The minimum atomic E-state index is 0.0331. The van der Waals surface area contributed by atoms with E-state index in [0.29, 0.717) is 0 Å². The van der Waals surface area contributed by atoms with Crippen molar-refractivity contribution in [2.75, 3.05) is 19.1 Å². The van der Waals surface area contributed by atoms with Crippen LogP contribution >= 0.6 is 0 Å². The third-order valence-electron chi connectivity index (χ3n) is 3.21. The fraction of sp³-hybridized carbons (Fsp3) is 0.250. The van der Waals surface area contributed by atoms with Crippen LogP contribution in [0.5, 0.6) is 5.75 Å². The van der Waals surface area contributed by atoms with Crippen molar-refractivity contribution in [3.63, 3.8) is 0 Å². The van der Waals surface area contributed by atoms with Crippen molar-refractivity contribution in [1.29, 1.82) is 0 Å². The molecule has 0 heterocycles. The van der Waals surface area contributed by atoms with E-state index in [9.17, 15) is 5.11 Å². The molecule has 0 unspecified atom stereocenters. The quantitative estimate of drug-likeness (QED) is 0.912. The Labute approximate surface area is 114 Å². The monoisotopic (exact) mass is 257 g/mol. The van der Waals surface area contributed by atoms with Crippen LogP contribution in [0.1, 0.15) is 11.1 Å². The highest BCUT2D eigenvalue weighted by Gasteiger charge is 2.09. The van der Waals surface area contributed by atoms with Gasteiger partial charge in [-0.3, -0.25) is 0 Å². The Kier molecular flexibility index (Phi) is 4.07. The number of nitrogens with zero attached hydrogens (tertiary/aromatic N) is 1. The van der Waals surface area contributed by atoms with Gasteiger partial charge in [-0.2, -0.15) is 0 Å². The van der Waals surface area contributed by atoms with Crippen LogP contribution in [0.2, 0.25) is 0 Å². The Morgan fingerprint density at radius 2 is 1.95 bits per heavy atom. The van der Waals surface area contributed by atoms with Gasteiger partial charge in [-0.25, -0.2) is 0 Å². The lowest BCUT2D eigenvalue weighted by molar-refractivity contribution is 0.282. The summed E-state index contributed by atoms with van der Waals surface area (Å²) in [6.45, 7) is 2.06. The first-order valence-corrected chi connectivity index (χ1v) is 6.24. The van der Waals surface area contributed by atoms with Crippen LogP contribution in [0.4, 0.5) is 11.4 Å². The minimum absolute atomic E-state index is 0.0331. The molecular weight excluding hydrogens is 238 g/mol. The first-order valence-electron chi connectivity index (χ1n) is 6.24. The van der Waals surface area contributed by atoms with Crippen LogP contribution < -0.4 is 9.64 Å². The third-order valence-corrected chi connectivity index (χ3v) is 3.21. The van der Waals surface area contributed by atoms with Crippen LogP contribution in [0.3, 0.4) is 0 Å². The maximum atomic E-state index is 9.49. The second-order valence-corrected chi connectivity index (χ2v) is 4.55. The summed E-state index contributed by atoms with van der Waals surface area (Å²) in [5, 5.41) is 9.49. The Hall–Kier alpha value is -2.00. The number of rotatable bonds is 4. The van der Waals surface area contributed by atoms with Crippen molar-refractivity contribution in [2.45, 2.75) is 13.5 Å². The van der Waals surface area contributed by atoms with Gasteiger partial charge in [-0.15, -0.1) is 0 Å². The number of benzene rings is 2. The molecule has 2 aromatic carbocycles. The molecule has 0 aliphatic rings. The van der Waals surface area contributed by atoms with Crippen molar-refractivity contribution in [3.05, 3.63) is 53.6 Å². The highest BCUT2D eigenvalue weighted by Crippen LogP contribution is 2.29. The molecule has 0 aromatic heterocycles. The van der Waals surface area contributed by atoms with Crippen molar-refractivity contribution in [1.82, 2.24) is 0 Å². The SMILES string of the molecule is COc1cccc(N(C)c2ccc(C)cc2CO)c1. The maximum absolute atomic E-state index is 9.49. The second kappa shape index (κ2) is 5.76. The van der Waals surface area contributed by atoms with Crippen LogP contribution in [0.25, 0.3) is 0 Å². The largest absolute Gasteiger partial charge is 0.497 e. The summed E-state index contributed by atoms with van der Waals surface area (Å²) in [4.78, 5) is 2.05. The highest BCUT2D eigenvalue weighted by atomic mass is 16.5. The summed E-state index contributed by atoms with van der Waals surface area (Å²) in [6.07, 6.45) is 0. The average Bonchev–Trinajstić information content (AvgIpc) is 2.46. The lowest BCUT2D eigenvalue weighted by Crippen LogP contribution is -2.12. The Morgan fingerprint density at radius 1 is 1.16 bits per heavy atom. The van der Waals surface area contributed by atoms with Gasteiger partial charge in [0.25, 0.3) is 0 Å². The van der Waals surface area contributed by atoms with Gasteiger partial charge in [0.05, 0.1) is 13.7 Å². The van der Waals surface area contributed by atoms with E-state index >= 15 is 0 Å². The van der Waals surface area contributed by atoms with Gasteiger partial charge in [-0.05, 0) is 25.1 Å². The number of methoxy groups -OCH3 is 1. The number of aliphatic hydroxyl groups is 1. The van der Waals surface area contributed by atoms with E-state index in [1.54, 1.807) is 7.11 Å². The fourth-order valence-electron chi connectivity index (χ4n) is 2.13. The van der Waals surface area contributed by atoms with E-state index < -0.39 is 0 Å². The van der Waals surface area contributed by atoms with Gasteiger partial charge in [0.1, 0.15) is 5.75 Å². The molecule has 0 aliphatic heterocycles. The Morgan fingerprint density at radius 3 is 2.63 bits per heavy atom.